The first-order valence-corrected chi connectivity index (χ1v) is 8.50. The fourth-order valence-electron chi connectivity index (χ4n) is 2.76. The van der Waals surface area contributed by atoms with E-state index in [1.54, 1.807) is 0 Å². The Kier molecular flexibility index (Phi) is 6.40. The van der Waals surface area contributed by atoms with Gasteiger partial charge in [0.15, 0.2) is 0 Å². The van der Waals surface area contributed by atoms with E-state index in [4.69, 9.17) is 0 Å². The summed E-state index contributed by atoms with van der Waals surface area (Å²) in [6.45, 7) is 6.51. The van der Waals surface area contributed by atoms with Gasteiger partial charge in [-0.15, -0.1) is 0 Å². The first-order valence-electron chi connectivity index (χ1n) is 8.50. The highest BCUT2D eigenvalue weighted by atomic mass is 16.1. The van der Waals surface area contributed by atoms with Crippen LogP contribution in [0.25, 0.3) is 0 Å². The lowest BCUT2D eigenvalue weighted by molar-refractivity contribution is -0.121. The highest BCUT2D eigenvalue weighted by Gasteiger charge is 2.16. The number of rotatable bonds is 7. The maximum atomic E-state index is 12.4. The molecule has 0 saturated carbocycles. The molecule has 0 radical (unpaired) electrons. The standard InChI is InChI=1S/C21H27NO/c1-4-17-10-12-18(13-11-17)15-21(23)22-20(14-16(2)3)19-8-6-5-7-9-19/h5-13,16,20H,4,14-15H2,1-3H3,(H,22,23)/t20-/m0/s1. The molecule has 2 rings (SSSR count). The predicted molar refractivity (Wildman–Crippen MR) is 96.3 cm³/mol. The van der Waals surface area contributed by atoms with Crippen LogP contribution >= 0.6 is 0 Å². The van der Waals surface area contributed by atoms with E-state index in [0.717, 1.165) is 18.4 Å². The minimum absolute atomic E-state index is 0.0821. The Labute approximate surface area is 139 Å². The molecule has 0 fully saturated rings. The summed E-state index contributed by atoms with van der Waals surface area (Å²) in [7, 11) is 0. The number of aryl methyl sites for hydroxylation is 1. The molecule has 2 nitrogen and oxygen atoms in total. The van der Waals surface area contributed by atoms with Gasteiger partial charge >= 0.3 is 0 Å². The first-order chi connectivity index (χ1) is 11.1. The molecule has 1 amide bonds. The van der Waals surface area contributed by atoms with Gasteiger partial charge in [0.2, 0.25) is 5.91 Å². The minimum atomic E-state index is 0.0821. The van der Waals surface area contributed by atoms with Gasteiger partial charge in [0.05, 0.1) is 12.5 Å². The van der Waals surface area contributed by atoms with Gasteiger partial charge < -0.3 is 5.32 Å². The number of carbonyl (C=O) groups excluding carboxylic acids is 1. The summed E-state index contributed by atoms with van der Waals surface area (Å²) in [5.74, 6) is 0.619. The van der Waals surface area contributed by atoms with Crippen LogP contribution in [-0.2, 0) is 17.6 Å². The van der Waals surface area contributed by atoms with E-state index < -0.39 is 0 Å². The van der Waals surface area contributed by atoms with E-state index in [2.05, 4.69) is 62.5 Å². The number of hydrogen-bond donors (Lipinski definition) is 1. The summed E-state index contributed by atoms with van der Waals surface area (Å²) < 4.78 is 0. The third-order valence-corrected chi connectivity index (χ3v) is 4.04. The van der Waals surface area contributed by atoms with E-state index in [0.29, 0.717) is 12.3 Å². The molecule has 0 unspecified atom stereocenters. The van der Waals surface area contributed by atoms with Crippen LogP contribution in [0.2, 0.25) is 0 Å². The quantitative estimate of drug-likeness (QED) is 0.789. The fraction of sp³-hybridized carbons (Fsp3) is 0.381. The van der Waals surface area contributed by atoms with Crippen molar-refractivity contribution >= 4 is 5.91 Å². The molecule has 2 aromatic carbocycles. The van der Waals surface area contributed by atoms with Crippen molar-refractivity contribution in [1.29, 1.82) is 0 Å². The largest absolute Gasteiger partial charge is 0.349 e. The van der Waals surface area contributed by atoms with Crippen molar-refractivity contribution in [2.24, 2.45) is 5.92 Å². The van der Waals surface area contributed by atoms with Gasteiger partial charge in [0.25, 0.3) is 0 Å². The Morgan fingerprint density at radius 3 is 2.13 bits per heavy atom. The molecular weight excluding hydrogens is 282 g/mol. The lowest BCUT2D eigenvalue weighted by Gasteiger charge is -2.21. The molecule has 0 aliphatic rings. The van der Waals surface area contributed by atoms with Crippen molar-refractivity contribution in [2.45, 2.75) is 46.1 Å². The normalized spacial score (nSPS) is 12.2. The molecule has 2 aromatic rings. The highest BCUT2D eigenvalue weighted by molar-refractivity contribution is 5.79. The number of nitrogens with one attached hydrogen (secondary N) is 1. The van der Waals surface area contributed by atoms with Gasteiger partial charge in [0.1, 0.15) is 0 Å². The van der Waals surface area contributed by atoms with Crippen molar-refractivity contribution in [3.63, 3.8) is 0 Å². The van der Waals surface area contributed by atoms with Crippen LogP contribution in [-0.4, -0.2) is 5.91 Å². The van der Waals surface area contributed by atoms with E-state index in [1.807, 2.05) is 18.2 Å². The van der Waals surface area contributed by atoms with Gasteiger partial charge in [-0.05, 0) is 35.4 Å². The predicted octanol–water partition coefficient (Wildman–Crippen LogP) is 4.70. The Balaban J connectivity index is 2.02. The summed E-state index contributed by atoms with van der Waals surface area (Å²) in [5.41, 5.74) is 3.54. The third kappa shape index (κ3) is 5.55. The summed E-state index contributed by atoms with van der Waals surface area (Å²) in [6, 6.07) is 18.6. The molecule has 0 spiro atoms. The molecule has 122 valence electrons. The number of amides is 1. The molecule has 23 heavy (non-hydrogen) atoms. The second-order valence-corrected chi connectivity index (χ2v) is 6.51. The number of benzene rings is 2. The lowest BCUT2D eigenvalue weighted by Crippen LogP contribution is -2.30. The van der Waals surface area contributed by atoms with Crippen LogP contribution in [0.5, 0.6) is 0 Å². The van der Waals surface area contributed by atoms with Gasteiger partial charge in [-0.1, -0.05) is 75.4 Å². The smallest absolute Gasteiger partial charge is 0.224 e. The third-order valence-electron chi connectivity index (χ3n) is 4.04. The molecule has 0 saturated heterocycles. The molecule has 0 bridgehead atoms. The van der Waals surface area contributed by atoms with Crippen LogP contribution in [0.1, 0.15) is 49.9 Å². The zero-order valence-corrected chi connectivity index (χ0v) is 14.4. The molecule has 0 aromatic heterocycles. The van der Waals surface area contributed by atoms with E-state index in [-0.39, 0.29) is 11.9 Å². The average Bonchev–Trinajstić information content (AvgIpc) is 2.55. The molecule has 1 N–H and O–H groups in total. The van der Waals surface area contributed by atoms with Gasteiger partial charge in [-0.25, -0.2) is 0 Å². The summed E-state index contributed by atoms with van der Waals surface area (Å²) in [5, 5.41) is 3.20. The van der Waals surface area contributed by atoms with Crippen LogP contribution in [0.4, 0.5) is 0 Å². The summed E-state index contributed by atoms with van der Waals surface area (Å²) in [6.07, 6.45) is 2.41. The van der Waals surface area contributed by atoms with E-state index >= 15 is 0 Å². The Morgan fingerprint density at radius 1 is 0.957 bits per heavy atom. The van der Waals surface area contributed by atoms with Crippen molar-refractivity contribution in [2.75, 3.05) is 0 Å². The monoisotopic (exact) mass is 309 g/mol. The van der Waals surface area contributed by atoms with Crippen molar-refractivity contribution in [3.8, 4) is 0 Å². The zero-order valence-electron chi connectivity index (χ0n) is 14.4. The Hall–Kier alpha value is -2.09. The minimum Gasteiger partial charge on any atom is -0.349 e. The highest BCUT2D eigenvalue weighted by Crippen LogP contribution is 2.21. The lowest BCUT2D eigenvalue weighted by atomic mass is 9.96. The SMILES string of the molecule is CCc1ccc(CC(=O)N[C@@H](CC(C)C)c2ccccc2)cc1. The number of carbonyl (C=O) groups is 1. The maximum absolute atomic E-state index is 12.4. The van der Waals surface area contributed by atoms with Crippen LogP contribution in [0, 0.1) is 5.92 Å². The zero-order chi connectivity index (χ0) is 16.7. The molecule has 1 atom stereocenters. The van der Waals surface area contributed by atoms with Crippen LogP contribution < -0.4 is 5.32 Å². The molecule has 0 aliphatic carbocycles. The van der Waals surface area contributed by atoms with Gasteiger partial charge in [0, 0.05) is 0 Å². The van der Waals surface area contributed by atoms with E-state index in [1.165, 1.54) is 11.1 Å². The first kappa shape index (κ1) is 17.3. The van der Waals surface area contributed by atoms with Crippen LogP contribution in [0.15, 0.2) is 54.6 Å². The molecule has 0 heterocycles. The fourth-order valence-corrected chi connectivity index (χ4v) is 2.76. The summed E-state index contributed by atoms with van der Waals surface area (Å²) in [4.78, 5) is 12.4. The molecule has 0 aliphatic heterocycles. The van der Waals surface area contributed by atoms with Crippen molar-refractivity contribution in [1.82, 2.24) is 5.32 Å². The Bertz CT molecular complexity index is 601. The van der Waals surface area contributed by atoms with Gasteiger partial charge in [-0.2, -0.15) is 0 Å². The molecule has 2 heteroatoms. The molecular formula is C21H27NO. The second kappa shape index (κ2) is 8.52. The van der Waals surface area contributed by atoms with Gasteiger partial charge in [-0.3, -0.25) is 4.79 Å². The summed E-state index contributed by atoms with van der Waals surface area (Å²) >= 11 is 0. The van der Waals surface area contributed by atoms with Crippen molar-refractivity contribution in [3.05, 3.63) is 71.3 Å². The maximum Gasteiger partial charge on any atom is 0.224 e. The second-order valence-electron chi connectivity index (χ2n) is 6.51. The average molecular weight is 309 g/mol. The van der Waals surface area contributed by atoms with Crippen molar-refractivity contribution < 1.29 is 4.79 Å². The Morgan fingerprint density at radius 2 is 1.57 bits per heavy atom. The van der Waals surface area contributed by atoms with E-state index in [9.17, 15) is 4.79 Å². The van der Waals surface area contributed by atoms with Crippen LogP contribution in [0.3, 0.4) is 0 Å². The number of hydrogen-bond acceptors (Lipinski definition) is 1. The topological polar surface area (TPSA) is 29.1 Å².